The van der Waals surface area contributed by atoms with Crippen molar-refractivity contribution in [2.45, 2.75) is 32.3 Å². The van der Waals surface area contributed by atoms with E-state index in [1.54, 1.807) is 25.3 Å². The molecule has 1 aromatic rings. The average Bonchev–Trinajstić information content (AvgIpc) is 2.39. The van der Waals surface area contributed by atoms with Crippen LogP contribution in [0, 0.1) is 11.3 Å². The quantitative estimate of drug-likeness (QED) is 0.755. The van der Waals surface area contributed by atoms with E-state index in [0.717, 1.165) is 12.8 Å². The SMILES string of the molecule is CCCCOc1cc(C(O)CC#N)ccc1OC. The molecule has 0 radical (unpaired) electrons. The van der Waals surface area contributed by atoms with Gasteiger partial charge in [-0.2, -0.15) is 5.26 Å². The molecule has 0 aliphatic rings. The van der Waals surface area contributed by atoms with Crippen LogP contribution in [0.25, 0.3) is 0 Å². The number of aliphatic hydroxyl groups is 1. The molecule has 0 spiro atoms. The fourth-order valence-electron chi connectivity index (χ4n) is 1.54. The van der Waals surface area contributed by atoms with Crippen LogP contribution in [0.1, 0.15) is 37.9 Å². The van der Waals surface area contributed by atoms with Gasteiger partial charge in [0.25, 0.3) is 0 Å². The molecule has 0 amide bonds. The molecule has 0 fully saturated rings. The summed E-state index contributed by atoms with van der Waals surface area (Å²) in [7, 11) is 1.58. The number of benzene rings is 1. The molecule has 0 bridgehead atoms. The molecule has 0 saturated heterocycles. The summed E-state index contributed by atoms with van der Waals surface area (Å²) in [6.07, 6.45) is 1.31. The van der Waals surface area contributed by atoms with Crippen LogP contribution >= 0.6 is 0 Å². The molecule has 4 heteroatoms. The van der Waals surface area contributed by atoms with Gasteiger partial charge in [-0.1, -0.05) is 19.4 Å². The van der Waals surface area contributed by atoms with Crippen molar-refractivity contribution in [2.24, 2.45) is 0 Å². The first kappa shape index (κ1) is 14.3. The maximum atomic E-state index is 9.76. The lowest BCUT2D eigenvalue weighted by Gasteiger charge is -2.13. The molecule has 18 heavy (non-hydrogen) atoms. The molecular weight excluding hydrogens is 230 g/mol. The van der Waals surface area contributed by atoms with Crippen molar-refractivity contribution in [2.75, 3.05) is 13.7 Å². The number of nitrogens with zero attached hydrogens (tertiary/aromatic N) is 1. The molecule has 1 N–H and O–H groups in total. The van der Waals surface area contributed by atoms with Crippen molar-refractivity contribution in [3.8, 4) is 17.6 Å². The second-order valence-corrected chi connectivity index (χ2v) is 3.99. The molecule has 1 aromatic carbocycles. The summed E-state index contributed by atoms with van der Waals surface area (Å²) in [6.45, 7) is 2.71. The molecule has 0 heterocycles. The summed E-state index contributed by atoms with van der Waals surface area (Å²) in [5, 5.41) is 18.3. The molecule has 0 aliphatic heterocycles. The van der Waals surface area contributed by atoms with Crippen molar-refractivity contribution in [3.05, 3.63) is 23.8 Å². The van der Waals surface area contributed by atoms with E-state index in [9.17, 15) is 5.11 Å². The first-order valence-electron chi connectivity index (χ1n) is 6.08. The maximum Gasteiger partial charge on any atom is 0.161 e. The summed E-state index contributed by atoms with van der Waals surface area (Å²) >= 11 is 0. The average molecular weight is 249 g/mol. The summed E-state index contributed by atoms with van der Waals surface area (Å²) < 4.78 is 10.8. The van der Waals surface area contributed by atoms with Gasteiger partial charge in [0.05, 0.1) is 32.3 Å². The van der Waals surface area contributed by atoms with Crippen LogP contribution in [-0.4, -0.2) is 18.8 Å². The number of rotatable bonds is 7. The molecule has 0 saturated carbocycles. The molecule has 1 unspecified atom stereocenters. The summed E-state index contributed by atoms with van der Waals surface area (Å²) in [6, 6.07) is 7.17. The standard InChI is InChI=1S/C14H19NO3/c1-3-4-9-18-14-10-11(12(16)7-8-15)5-6-13(14)17-2/h5-6,10,12,16H,3-4,7,9H2,1-2H3. The highest BCUT2D eigenvalue weighted by molar-refractivity contribution is 5.43. The van der Waals surface area contributed by atoms with E-state index >= 15 is 0 Å². The van der Waals surface area contributed by atoms with Gasteiger partial charge in [-0.25, -0.2) is 0 Å². The summed E-state index contributed by atoms with van der Waals surface area (Å²) in [5.74, 6) is 1.25. The first-order valence-corrected chi connectivity index (χ1v) is 6.08. The number of unbranched alkanes of at least 4 members (excludes halogenated alkanes) is 1. The van der Waals surface area contributed by atoms with E-state index in [2.05, 4.69) is 6.92 Å². The predicted molar refractivity (Wildman–Crippen MR) is 68.6 cm³/mol. The third-order valence-corrected chi connectivity index (χ3v) is 2.61. The zero-order valence-corrected chi connectivity index (χ0v) is 10.8. The van der Waals surface area contributed by atoms with Crippen LogP contribution in [0.2, 0.25) is 0 Å². The van der Waals surface area contributed by atoms with Crippen molar-refractivity contribution in [3.63, 3.8) is 0 Å². The molecule has 0 aromatic heterocycles. The van der Waals surface area contributed by atoms with E-state index in [0.29, 0.717) is 23.7 Å². The Hall–Kier alpha value is -1.73. The normalized spacial score (nSPS) is 11.7. The second kappa shape index (κ2) is 7.57. The number of hydrogen-bond acceptors (Lipinski definition) is 4. The lowest BCUT2D eigenvalue weighted by atomic mass is 10.1. The summed E-state index contributed by atoms with van der Waals surface area (Å²) in [5.41, 5.74) is 0.670. The third kappa shape index (κ3) is 3.94. The highest BCUT2D eigenvalue weighted by Crippen LogP contribution is 2.31. The van der Waals surface area contributed by atoms with Gasteiger partial charge in [0, 0.05) is 0 Å². The van der Waals surface area contributed by atoms with Crippen LogP contribution in [0.5, 0.6) is 11.5 Å². The number of nitriles is 1. The predicted octanol–water partition coefficient (Wildman–Crippen LogP) is 2.82. The van der Waals surface area contributed by atoms with E-state index < -0.39 is 6.10 Å². The van der Waals surface area contributed by atoms with Gasteiger partial charge < -0.3 is 14.6 Å². The van der Waals surface area contributed by atoms with Gasteiger partial charge in [0.2, 0.25) is 0 Å². The van der Waals surface area contributed by atoms with Crippen LogP contribution < -0.4 is 9.47 Å². The van der Waals surface area contributed by atoms with Crippen LogP contribution in [0.3, 0.4) is 0 Å². The van der Waals surface area contributed by atoms with Gasteiger partial charge in [-0.05, 0) is 24.1 Å². The summed E-state index contributed by atoms with van der Waals surface area (Å²) in [4.78, 5) is 0. The molecule has 1 rings (SSSR count). The zero-order valence-electron chi connectivity index (χ0n) is 10.8. The lowest BCUT2D eigenvalue weighted by molar-refractivity contribution is 0.182. The highest BCUT2D eigenvalue weighted by Gasteiger charge is 2.11. The lowest BCUT2D eigenvalue weighted by Crippen LogP contribution is -2.02. The highest BCUT2D eigenvalue weighted by atomic mass is 16.5. The fraction of sp³-hybridized carbons (Fsp3) is 0.500. The number of hydrogen-bond donors (Lipinski definition) is 1. The third-order valence-electron chi connectivity index (χ3n) is 2.61. The van der Waals surface area contributed by atoms with Gasteiger partial charge in [-0.3, -0.25) is 0 Å². The van der Waals surface area contributed by atoms with Gasteiger partial charge in [-0.15, -0.1) is 0 Å². The fourth-order valence-corrected chi connectivity index (χ4v) is 1.54. The topological polar surface area (TPSA) is 62.5 Å². The van der Waals surface area contributed by atoms with Gasteiger partial charge in [0.1, 0.15) is 0 Å². The Morgan fingerprint density at radius 3 is 2.78 bits per heavy atom. The van der Waals surface area contributed by atoms with Crippen molar-refractivity contribution in [1.82, 2.24) is 0 Å². The number of ether oxygens (including phenoxy) is 2. The monoisotopic (exact) mass is 249 g/mol. The molecular formula is C14H19NO3. The van der Waals surface area contributed by atoms with Crippen LogP contribution in [-0.2, 0) is 0 Å². The van der Waals surface area contributed by atoms with Crippen molar-refractivity contribution in [1.29, 1.82) is 5.26 Å². The Morgan fingerprint density at radius 2 is 2.17 bits per heavy atom. The minimum Gasteiger partial charge on any atom is -0.493 e. The molecule has 1 atom stereocenters. The Balaban J connectivity index is 2.84. The second-order valence-electron chi connectivity index (χ2n) is 3.99. The van der Waals surface area contributed by atoms with E-state index in [1.807, 2.05) is 6.07 Å². The number of aliphatic hydroxyl groups excluding tert-OH is 1. The van der Waals surface area contributed by atoms with Gasteiger partial charge in [0.15, 0.2) is 11.5 Å². The Kier molecular flexibility index (Phi) is 6.03. The van der Waals surface area contributed by atoms with Crippen LogP contribution in [0.4, 0.5) is 0 Å². The maximum absolute atomic E-state index is 9.76. The Morgan fingerprint density at radius 1 is 1.39 bits per heavy atom. The van der Waals surface area contributed by atoms with Crippen molar-refractivity contribution >= 4 is 0 Å². The zero-order chi connectivity index (χ0) is 13.4. The largest absolute Gasteiger partial charge is 0.493 e. The van der Waals surface area contributed by atoms with E-state index in [1.165, 1.54) is 0 Å². The molecule has 4 nitrogen and oxygen atoms in total. The smallest absolute Gasteiger partial charge is 0.161 e. The minimum atomic E-state index is -0.783. The Labute approximate surface area is 108 Å². The minimum absolute atomic E-state index is 0.0702. The van der Waals surface area contributed by atoms with E-state index in [-0.39, 0.29) is 6.42 Å². The number of methoxy groups -OCH3 is 1. The first-order chi connectivity index (χ1) is 8.72. The Bertz CT molecular complexity index is 412. The van der Waals surface area contributed by atoms with Gasteiger partial charge >= 0.3 is 0 Å². The van der Waals surface area contributed by atoms with E-state index in [4.69, 9.17) is 14.7 Å². The van der Waals surface area contributed by atoms with Crippen LogP contribution in [0.15, 0.2) is 18.2 Å². The molecule has 0 aliphatic carbocycles. The van der Waals surface area contributed by atoms with Crippen molar-refractivity contribution < 1.29 is 14.6 Å². The molecule has 98 valence electrons.